The van der Waals surface area contributed by atoms with Crippen LogP contribution >= 0.6 is 11.3 Å². The Morgan fingerprint density at radius 3 is 2.48 bits per heavy atom. The minimum atomic E-state index is -0.410. The van der Waals surface area contributed by atoms with Gasteiger partial charge in [0, 0.05) is 44.8 Å². The van der Waals surface area contributed by atoms with E-state index in [0.29, 0.717) is 17.7 Å². The minimum absolute atomic E-state index is 0.139. The maximum absolute atomic E-state index is 12.3. The molecule has 31 heavy (non-hydrogen) atoms. The molecular weight excluding hydrogens is 412 g/mol. The Kier molecular flexibility index (Phi) is 6.48. The van der Waals surface area contributed by atoms with Gasteiger partial charge in [-0.15, -0.1) is 0 Å². The summed E-state index contributed by atoms with van der Waals surface area (Å²) in [5.74, 6) is -0.549. The molecule has 2 heterocycles. The van der Waals surface area contributed by atoms with Crippen molar-refractivity contribution in [1.82, 2.24) is 15.2 Å². The lowest BCUT2D eigenvalue weighted by Crippen LogP contribution is -2.48. The number of ether oxygens (including phenoxy) is 1. The van der Waals surface area contributed by atoms with Crippen LogP contribution in [0.15, 0.2) is 42.5 Å². The number of piperazine rings is 1. The number of aryl methyl sites for hydroxylation is 1. The highest BCUT2D eigenvalue weighted by atomic mass is 32.1. The molecule has 0 spiro atoms. The van der Waals surface area contributed by atoms with Gasteiger partial charge in [-0.05, 0) is 48.9 Å². The van der Waals surface area contributed by atoms with Crippen LogP contribution in [0.25, 0.3) is 10.2 Å². The SMILES string of the molecule is COC(=O)c1ccc(C(=O)NCCN2CCN(c3nc4ccc(C)cc4s3)CC2)cc1. The third kappa shape index (κ3) is 5.03. The second-order valence-corrected chi connectivity index (χ2v) is 8.63. The highest BCUT2D eigenvalue weighted by Crippen LogP contribution is 2.29. The number of hydrogen-bond donors (Lipinski definition) is 1. The smallest absolute Gasteiger partial charge is 0.337 e. The van der Waals surface area contributed by atoms with E-state index in [1.807, 2.05) is 0 Å². The van der Waals surface area contributed by atoms with Crippen molar-refractivity contribution in [2.45, 2.75) is 6.92 Å². The molecular formula is C23H26N4O3S. The number of thiazole rings is 1. The summed E-state index contributed by atoms with van der Waals surface area (Å²) in [4.78, 5) is 33.3. The molecule has 0 aliphatic carbocycles. The fourth-order valence-electron chi connectivity index (χ4n) is 3.62. The quantitative estimate of drug-likeness (QED) is 0.597. The van der Waals surface area contributed by atoms with Gasteiger partial charge in [-0.3, -0.25) is 9.69 Å². The van der Waals surface area contributed by atoms with E-state index in [9.17, 15) is 9.59 Å². The van der Waals surface area contributed by atoms with Crippen molar-refractivity contribution in [3.8, 4) is 0 Å². The molecule has 1 saturated heterocycles. The van der Waals surface area contributed by atoms with Crippen LogP contribution in [0.4, 0.5) is 5.13 Å². The van der Waals surface area contributed by atoms with E-state index in [2.05, 4.69) is 45.0 Å². The zero-order valence-corrected chi connectivity index (χ0v) is 18.6. The van der Waals surface area contributed by atoms with Crippen molar-refractivity contribution >= 4 is 38.6 Å². The molecule has 2 aromatic carbocycles. The van der Waals surface area contributed by atoms with Crippen molar-refractivity contribution in [3.63, 3.8) is 0 Å². The van der Waals surface area contributed by atoms with Gasteiger partial charge in [-0.2, -0.15) is 0 Å². The van der Waals surface area contributed by atoms with Crippen molar-refractivity contribution in [1.29, 1.82) is 0 Å². The lowest BCUT2D eigenvalue weighted by Gasteiger charge is -2.34. The number of hydrogen-bond acceptors (Lipinski definition) is 7. The van der Waals surface area contributed by atoms with Crippen LogP contribution in [0, 0.1) is 6.92 Å². The molecule has 0 saturated carbocycles. The van der Waals surface area contributed by atoms with Gasteiger partial charge < -0.3 is 15.0 Å². The summed E-state index contributed by atoms with van der Waals surface area (Å²) in [6.07, 6.45) is 0. The molecule has 1 amide bonds. The zero-order chi connectivity index (χ0) is 21.8. The van der Waals surface area contributed by atoms with Gasteiger partial charge >= 0.3 is 5.97 Å². The Labute approximate surface area is 185 Å². The van der Waals surface area contributed by atoms with Gasteiger partial charge in [0.05, 0.1) is 22.9 Å². The van der Waals surface area contributed by atoms with E-state index in [-0.39, 0.29) is 5.91 Å². The number of carbonyl (C=O) groups is 2. The summed E-state index contributed by atoms with van der Waals surface area (Å²) in [5.41, 5.74) is 3.29. The summed E-state index contributed by atoms with van der Waals surface area (Å²) in [6.45, 7) is 7.24. The first-order valence-electron chi connectivity index (χ1n) is 10.3. The van der Waals surface area contributed by atoms with E-state index >= 15 is 0 Å². The highest BCUT2D eigenvalue weighted by molar-refractivity contribution is 7.22. The average Bonchev–Trinajstić information content (AvgIpc) is 3.22. The lowest BCUT2D eigenvalue weighted by atomic mass is 10.1. The number of carbonyl (C=O) groups excluding carboxylic acids is 2. The molecule has 1 aliphatic heterocycles. The third-order valence-corrected chi connectivity index (χ3v) is 6.54. The van der Waals surface area contributed by atoms with Gasteiger partial charge in [-0.25, -0.2) is 9.78 Å². The molecule has 0 radical (unpaired) electrons. The third-order valence-electron chi connectivity index (χ3n) is 5.46. The number of esters is 1. The summed E-state index contributed by atoms with van der Waals surface area (Å²) >= 11 is 1.75. The number of aromatic nitrogens is 1. The first-order chi connectivity index (χ1) is 15.0. The summed E-state index contributed by atoms with van der Waals surface area (Å²) in [7, 11) is 1.34. The van der Waals surface area contributed by atoms with Gasteiger partial charge in [-0.1, -0.05) is 17.4 Å². The standard InChI is InChI=1S/C23H26N4O3S/c1-16-3-8-19-20(15-16)31-23(25-19)27-13-11-26(12-14-27)10-9-24-21(28)17-4-6-18(7-5-17)22(29)30-2/h3-8,15H,9-14H2,1-2H3,(H,24,28). The number of benzene rings is 2. The van der Waals surface area contributed by atoms with E-state index < -0.39 is 5.97 Å². The highest BCUT2D eigenvalue weighted by Gasteiger charge is 2.20. The first-order valence-corrected chi connectivity index (χ1v) is 11.2. The number of methoxy groups -OCH3 is 1. The molecule has 8 heteroatoms. The van der Waals surface area contributed by atoms with Crippen molar-refractivity contribution in [2.75, 3.05) is 51.3 Å². The van der Waals surface area contributed by atoms with E-state index in [0.717, 1.165) is 43.4 Å². The van der Waals surface area contributed by atoms with Crippen LogP contribution in [-0.2, 0) is 4.74 Å². The Morgan fingerprint density at radius 1 is 1.06 bits per heavy atom. The lowest BCUT2D eigenvalue weighted by molar-refractivity contribution is 0.0600. The number of anilines is 1. The molecule has 0 unspecified atom stereocenters. The van der Waals surface area contributed by atoms with Gasteiger partial charge in [0.15, 0.2) is 5.13 Å². The predicted octanol–water partition coefficient (Wildman–Crippen LogP) is 2.94. The van der Waals surface area contributed by atoms with Crippen LogP contribution in [0.1, 0.15) is 26.3 Å². The Morgan fingerprint density at radius 2 is 1.77 bits per heavy atom. The topological polar surface area (TPSA) is 74.8 Å². The number of amides is 1. The molecule has 0 atom stereocenters. The van der Waals surface area contributed by atoms with Gasteiger partial charge in [0.25, 0.3) is 5.91 Å². The van der Waals surface area contributed by atoms with E-state index in [4.69, 9.17) is 4.98 Å². The van der Waals surface area contributed by atoms with Crippen molar-refractivity contribution in [3.05, 3.63) is 59.2 Å². The molecule has 4 rings (SSSR count). The van der Waals surface area contributed by atoms with Gasteiger partial charge in [0.1, 0.15) is 0 Å². The van der Waals surface area contributed by atoms with E-state index in [1.165, 1.54) is 17.4 Å². The first kappa shape index (κ1) is 21.3. The Bertz CT molecular complexity index is 1070. The largest absolute Gasteiger partial charge is 0.465 e. The van der Waals surface area contributed by atoms with Crippen LogP contribution in [0.2, 0.25) is 0 Å². The molecule has 3 aromatic rings. The second-order valence-electron chi connectivity index (χ2n) is 7.62. The fourth-order valence-corrected chi connectivity index (χ4v) is 4.74. The maximum atomic E-state index is 12.3. The number of nitrogens with one attached hydrogen (secondary N) is 1. The average molecular weight is 439 g/mol. The van der Waals surface area contributed by atoms with Crippen LogP contribution in [0.5, 0.6) is 0 Å². The molecule has 0 bridgehead atoms. The van der Waals surface area contributed by atoms with Crippen molar-refractivity contribution < 1.29 is 14.3 Å². The van der Waals surface area contributed by atoms with E-state index in [1.54, 1.807) is 35.6 Å². The second kappa shape index (κ2) is 9.45. The molecule has 162 valence electrons. The Balaban J connectivity index is 1.23. The normalized spacial score (nSPS) is 14.6. The molecule has 1 aliphatic rings. The zero-order valence-electron chi connectivity index (χ0n) is 17.8. The Hall–Kier alpha value is -2.97. The van der Waals surface area contributed by atoms with Crippen molar-refractivity contribution in [2.24, 2.45) is 0 Å². The minimum Gasteiger partial charge on any atom is -0.465 e. The summed E-state index contributed by atoms with van der Waals surface area (Å²) < 4.78 is 5.91. The molecule has 1 fully saturated rings. The maximum Gasteiger partial charge on any atom is 0.337 e. The summed E-state index contributed by atoms with van der Waals surface area (Å²) in [6, 6.07) is 12.9. The van der Waals surface area contributed by atoms with Gasteiger partial charge in [0.2, 0.25) is 0 Å². The van der Waals surface area contributed by atoms with Crippen LogP contribution in [-0.4, -0.2) is 68.1 Å². The fraction of sp³-hybridized carbons (Fsp3) is 0.348. The number of rotatable bonds is 6. The number of nitrogens with zero attached hydrogens (tertiary/aromatic N) is 3. The predicted molar refractivity (Wildman–Crippen MR) is 123 cm³/mol. The monoisotopic (exact) mass is 438 g/mol. The van der Waals surface area contributed by atoms with Crippen LogP contribution < -0.4 is 10.2 Å². The van der Waals surface area contributed by atoms with Crippen LogP contribution in [0.3, 0.4) is 0 Å². The molecule has 1 aromatic heterocycles. The molecule has 1 N–H and O–H groups in total. The number of fused-ring (bicyclic) bond motifs is 1. The summed E-state index contributed by atoms with van der Waals surface area (Å²) in [5, 5.41) is 4.04. The molecule has 7 nitrogen and oxygen atoms in total.